The van der Waals surface area contributed by atoms with Gasteiger partial charge in [-0.15, -0.1) is 0 Å². The van der Waals surface area contributed by atoms with E-state index in [0.29, 0.717) is 5.56 Å². The number of alkyl halides is 3. The molecule has 1 atom stereocenters. The molecule has 2 aromatic rings. The van der Waals surface area contributed by atoms with E-state index in [-0.39, 0.29) is 34.6 Å². The number of halogens is 3. The molecular formula is C17H16F3N5O4S2. The first kappa shape index (κ1) is 22.8. The molecule has 166 valence electrons. The molecule has 14 heteroatoms. The zero-order valence-corrected chi connectivity index (χ0v) is 17.5. The van der Waals surface area contributed by atoms with Crippen LogP contribution in [0.2, 0.25) is 0 Å². The second kappa shape index (κ2) is 8.36. The number of rotatable bonds is 6. The van der Waals surface area contributed by atoms with E-state index >= 15 is 0 Å². The van der Waals surface area contributed by atoms with Crippen LogP contribution < -0.4 is 14.8 Å². The number of urea groups is 1. The van der Waals surface area contributed by atoms with Crippen LogP contribution in [0.25, 0.3) is 0 Å². The number of hydrogen-bond acceptors (Lipinski definition) is 6. The molecule has 0 aliphatic carbocycles. The number of thioether (sulfide) groups is 1. The van der Waals surface area contributed by atoms with Crippen LogP contribution in [-0.4, -0.2) is 41.8 Å². The molecule has 0 radical (unpaired) electrons. The van der Waals surface area contributed by atoms with E-state index in [1.807, 2.05) is 0 Å². The third-order valence-corrected chi connectivity index (χ3v) is 5.56. The summed E-state index contributed by atoms with van der Waals surface area (Å²) in [6.07, 6.45) is 2.59. The van der Waals surface area contributed by atoms with Crippen LogP contribution in [0.4, 0.5) is 29.3 Å². The van der Waals surface area contributed by atoms with Crippen molar-refractivity contribution in [1.82, 2.24) is 9.88 Å². The predicted molar refractivity (Wildman–Crippen MR) is 107 cm³/mol. The molecule has 1 aromatic carbocycles. The fourth-order valence-corrected chi connectivity index (χ4v) is 3.97. The first-order chi connectivity index (χ1) is 14.4. The van der Waals surface area contributed by atoms with Gasteiger partial charge >= 0.3 is 11.5 Å². The zero-order valence-electron chi connectivity index (χ0n) is 15.8. The van der Waals surface area contributed by atoms with Gasteiger partial charge < -0.3 is 4.90 Å². The second-order valence-electron chi connectivity index (χ2n) is 6.48. The highest BCUT2D eigenvalue weighted by atomic mass is 32.2. The smallest absolute Gasteiger partial charge is 0.308 e. The Morgan fingerprint density at radius 3 is 2.42 bits per heavy atom. The van der Waals surface area contributed by atoms with Crippen molar-refractivity contribution in [1.29, 1.82) is 0 Å². The van der Waals surface area contributed by atoms with Gasteiger partial charge in [0.1, 0.15) is 6.04 Å². The number of amides is 3. The molecule has 31 heavy (non-hydrogen) atoms. The topological polar surface area (TPSA) is 126 Å². The highest BCUT2D eigenvalue weighted by molar-refractivity contribution is 8.00. The highest BCUT2D eigenvalue weighted by Gasteiger charge is 2.43. The van der Waals surface area contributed by atoms with Gasteiger partial charge in [0.05, 0.1) is 24.1 Å². The molecule has 1 saturated heterocycles. The standard InChI is InChI=1S/C17H16F3N5O4S2/c1-10-15(26)25(12-2-4-13(5-3-12)30-17(18,19)20)16(27)24(10)9-11-6-7-22-8-14(11)23-31(21,28)29/h2-8,10,23H,9H2,1H3,(H2,21,28,29). The Kier molecular flexibility index (Phi) is 6.16. The summed E-state index contributed by atoms with van der Waals surface area (Å²) in [5.41, 5.74) is -3.95. The molecule has 1 aliphatic heterocycles. The maximum absolute atomic E-state index is 12.9. The summed E-state index contributed by atoms with van der Waals surface area (Å²) < 4.78 is 62.3. The van der Waals surface area contributed by atoms with Crippen LogP contribution in [0.5, 0.6) is 0 Å². The van der Waals surface area contributed by atoms with Crippen molar-refractivity contribution in [2.75, 3.05) is 9.62 Å². The van der Waals surface area contributed by atoms with E-state index in [1.54, 1.807) is 0 Å². The van der Waals surface area contributed by atoms with E-state index in [0.717, 1.165) is 4.90 Å². The second-order valence-corrected chi connectivity index (χ2v) is 8.91. The lowest BCUT2D eigenvalue weighted by Gasteiger charge is -2.21. The number of benzene rings is 1. The molecule has 3 amide bonds. The number of hydrogen-bond donors (Lipinski definition) is 2. The first-order valence-corrected chi connectivity index (χ1v) is 11.0. The number of nitrogens with two attached hydrogens (primary N) is 1. The van der Waals surface area contributed by atoms with Gasteiger partial charge in [0, 0.05) is 11.1 Å². The average molecular weight is 475 g/mol. The quantitative estimate of drug-likeness (QED) is 0.489. The Labute approximate surface area is 179 Å². The Balaban J connectivity index is 1.83. The number of nitrogens with zero attached hydrogens (tertiary/aromatic N) is 3. The molecule has 1 aliphatic rings. The summed E-state index contributed by atoms with van der Waals surface area (Å²) in [6, 6.07) is 4.70. The van der Waals surface area contributed by atoms with Crippen LogP contribution in [0, 0.1) is 0 Å². The molecule has 3 N–H and O–H groups in total. The van der Waals surface area contributed by atoms with Gasteiger partial charge in [0.2, 0.25) is 0 Å². The molecule has 0 bridgehead atoms. The average Bonchev–Trinajstić information content (AvgIpc) is 2.85. The number of carbonyl (C=O) groups is 2. The van der Waals surface area contributed by atoms with Crippen molar-refractivity contribution in [3.8, 4) is 0 Å². The SMILES string of the molecule is CC1C(=O)N(c2ccc(SC(F)(F)F)cc2)C(=O)N1Cc1ccncc1NS(N)(=O)=O. The fraction of sp³-hybridized carbons (Fsp3) is 0.235. The number of nitrogens with one attached hydrogen (secondary N) is 1. The van der Waals surface area contributed by atoms with Gasteiger partial charge in [-0.1, -0.05) is 0 Å². The van der Waals surface area contributed by atoms with Crippen LogP contribution in [0.1, 0.15) is 12.5 Å². The Morgan fingerprint density at radius 2 is 1.84 bits per heavy atom. The largest absolute Gasteiger partial charge is 0.446 e. The van der Waals surface area contributed by atoms with Gasteiger partial charge in [-0.05, 0) is 54.6 Å². The van der Waals surface area contributed by atoms with Gasteiger partial charge in [0.15, 0.2) is 0 Å². The summed E-state index contributed by atoms with van der Waals surface area (Å²) >= 11 is -0.308. The lowest BCUT2D eigenvalue weighted by Crippen LogP contribution is -2.34. The number of aromatic nitrogens is 1. The van der Waals surface area contributed by atoms with E-state index < -0.39 is 33.7 Å². The van der Waals surface area contributed by atoms with E-state index in [4.69, 9.17) is 5.14 Å². The van der Waals surface area contributed by atoms with Crippen molar-refractivity contribution >= 4 is 45.3 Å². The molecule has 1 fully saturated rings. The van der Waals surface area contributed by atoms with Gasteiger partial charge in [-0.3, -0.25) is 14.5 Å². The predicted octanol–water partition coefficient (Wildman–Crippen LogP) is 2.67. The Hall–Kier alpha value is -2.84. The van der Waals surface area contributed by atoms with E-state index in [1.165, 1.54) is 54.5 Å². The number of carbonyl (C=O) groups excluding carboxylic acids is 2. The molecule has 9 nitrogen and oxygen atoms in total. The van der Waals surface area contributed by atoms with E-state index in [9.17, 15) is 31.2 Å². The van der Waals surface area contributed by atoms with Crippen molar-refractivity contribution in [3.05, 3.63) is 48.3 Å². The van der Waals surface area contributed by atoms with Gasteiger partial charge in [-0.25, -0.2) is 14.8 Å². The monoisotopic (exact) mass is 475 g/mol. The van der Waals surface area contributed by atoms with Crippen molar-refractivity contribution in [3.63, 3.8) is 0 Å². The molecule has 3 rings (SSSR count). The Morgan fingerprint density at radius 1 is 1.19 bits per heavy atom. The summed E-state index contributed by atoms with van der Waals surface area (Å²) in [7, 11) is -4.09. The number of imide groups is 1. The van der Waals surface area contributed by atoms with Crippen molar-refractivity contribution in [2.45, 2.75) is 29.9 Å². The third kappa shape index (κ3) is 5.45. The molecule has 0 saturated carbocycles. The Bertz CT molecular complexity index is 1110. The van der Waals surface area contributed by atoms with Crippen molar-refractivity contribution in [2.24, 2.45) is 5.14 Å². The van der Waals surface area contributed by atoms with Gasteiger partial charge in [0.25, 0.3) is 16.1 Å². The third-order valence-electron chi connectivity index (χ3n) is 4.32. The molecule has 1 aromatic heterocycles. The minimum atomic E-state index is -4.46. The normalized spacial score (nSPS) is 17.4. The van der Waals surface area contributed by atoms with Crippen LogP contribution in [0.3, 0.4) is 0 Å². The minimum Gasteiger partial charge on any atom is -0.308 e. The summed E-state index contributed by atoms with van der Waals surface area (Å²) in [5, 5.41) is 4.99. The number of pyridine rings is 1. The van der Waals surface area contributed by atoms with Gasteiger partial charge in [-0.2, -0.15) is 21.6 Å². The fourth-order valence-electron chi connectivity index (χ4n) is 2.94. The minimum absolute atomic E-state index is 0.0458. The van der Waals surface area contributed by atoms with E-state index in [2.05, 4.69) is 9.71 Å². The van der Waals surface area contributed by atoms with Crippen molar-refractivity contribution < 1.29 is 31.2 Å². The maximum atomic E-state index is 12.9. The summed E-state index contributed by atoms with van der Waals surface area (Å²) in [5.74, 6) is -0.573. The van der Waals surface area contributed by atoms with Crippen LogP contribution in [-0.2, 0) is 21.5 Å². The highest BCUT2D eigenvalue weighted by Crippen LogP contribution is 2.38. The van der Waals surface area contributed by atoms with Crippen LogP contribution in [0.15, 0.2) is 47.6 Å². The first-order valence-electron chi connectivity index (χ1n) is 8.59. The summed E-state index contributed by atoms with van der Waals surface area (Å²) in [4.78, 5) is 31.4. The lowest BCUT2D eigenvalue weighted by atomic mass is 10.2. The molecular weight excluding hydrogens is 459 g/mol. The zero-order chi connectivity index (χ0) is 23.0. The lowest BCUT2D eigenvalue weighted by molar-refractivity contribution is -0.119. The molecule has 2 heterocycles. The molecule has 0 spiro atoms. The summed E-state index contributed by atoms with van der Waals surface area (Å²) in [6.45, 7) is 1.35. The number of anilines is 2. The maximum Gasteiger partial charge on any atom is 0.446 e. The van der Waals surface area contributed by atoms with Crippen LogP contribution >= 0.6 is 11.8 Å². The molecule has 1 unspecified atom stereocenters.